The Morgan fingerprint density at radius 2 is 1.83 bits per heavy atom. The van der Waals surface area contributed by atoms with Crippen molar-refractivity contribution in [3.8, 4) is 11.6 Å². The van der Waals surface area contributed by atoms with Crippen LogP contribution in [-0.4, -0.2) is 26.8 Å². The second-order valence-corrected chi connectivity index (χ2v) is 4.97. The highest BCUT2D eigenvalue weighted by Gasteiger charge is 2.39. The van der Waals surface area contributed by atoms with Crippen LogP contribution in [0.1, 0.15) is 6.92 Å². The summed E-state index contributed by atoms with van der Waals surface area (Å²) in [6.07, 6.45) is 1.61. The average molecular weight is 310 g/mol. The molecular formula is C17H14N2O4. The average Bonchev–Trinajstić information content (AvgIpc) is 2.55. The lowest BCUT2D eigenvalue weighted by atomic mass is 10.3. The summed E-state index contributed by atoms with van der Waals surface area (Å²) in [6, 6.07) is 15.6. The van der Waals surface area contributed by atoms with Gasteiger partial charge in [-0.25, -0.2) is 9.78 Å². The second-order valence-electron chi connectivity index (χ2n) is 4.97. The molecule has 116 valence electrons. The Morgan fingerprint density at radius 3 is 2.57 bits per heavy atom. The Labute approximate surface area is 132 Å². The van der Waals surface area contributed by atoms with Crippen molar-refractivity contribution in [1.29, 1.82) is 0 Å². The van der Waals surface area contributed by atoms with Crippen molar-refractivity contribution < 1.29 is 19.4 Å². The van der Waals surface area contributed by atoms with Crippen molar-refractivity contribution in [2.24, 2.45) is 0 Å². The van der Waals surface area contributed by atoms with Crippen LogP contribution in [0.5, 0.6) is 11.6 Å². The van der Waals surface area contributed by atoms with E-state index in [2.05, 4.69) is 9.97 Å². The molecule has 1 atom stereocenters. The van der Waals surface area contributed by atoms with E-state index in [1.807, 2.05) is 12.1 Å². The summed E-state index contributed by atoms with van der Waals surface area (Å²) in [6.45, 7) is 1.33. The van der Waals surface area contributed by atoms with Crippen molar-refractivity contribution in [1.82, 2.24) is 9.97 Å². The normalized spacial score (nSPS) is 13.3. The van der Waals surface area contributed by atoms with Gasteiger partial charge in [0.05, 0.1) is 0 Å². The number of hydrogen-bond acceptors (Lipinski definition) is 5. The van der Waals surface area contributed by atoms with E-state index < -0.39 is 11.8 Å². The van der Waals surface area contributed by atoms with Crippen molar-refractivity contribution in [3.05, 3.63) is 60.8 Å². The van der Waals surface area contributed by atoms with Crippen LogP contribution in [0.4, 0.5) is 0 Å². The lowest BCUT2D eigenvalue weighted by molar-refractivity contribution is -0.181. The molecule has 3 aromatic rings. The number of carboxylic acids is 1. The number of pyridine rings is 2. The van der Waals surface area contributed by atoms with E-state index in [0.717, 1.165) is 5.39 Å². The lowest BCUT2D eigenvalue weighted by Gasteiger charge is -2.26. The molecule has 6 heteroatoms. The van der Waals surface area contributed by atoms with Crippen LogP contribution in [0.3, 0.4) is 0 Å². The molecule has 23 heavy (non-hydrogen) atoms. The zero-order valence-electron chi connectivity index (χ0n) is 12.3. The van der Waals surface area contributed by atoms with Gasteiger partial charge in [0.25, 0.3) is 0 Å². The topological polar surface area (TPSA) is 81.5 Å². The molecule has 6 nitrogen and oxygen atoms in total. The third kappa shape index (κ3) is 3.21. The van der Waals surface area contributed by atoms with E-state index >= 15 is 0 Å². The molecule has 0 saturated carbocycles. The van der Waals surface area contributed by atoms with Gasteiger partial charge in [0.2, 0.25) is 5.88 Å². The summed E-state index contributed by atoms with van der Waals surface area (Å²) in [5, 5.41) is 10.3. The highest BCUT2D eigenvalue weighted by Crippen LogP contribution is 2.23. The number of ether oxygens (including phenoxy) is 2. The van der Waals surface area contributed by atoms with Crippen molar-refractivity contribution in [2.75, 3.05) is 0 Å². The van der Waals surface area contributed by atoms with E-state index in [4.69, 9.17) is 9.47 Å². The molecule has 1 unspecified atom stereocenters. The zero-order chi connectivity index (χ0) is 16.3. The third-order valence-corrected chi connectivity index (χ3v) is 3.18. The summed E-state index contributed by atoms with van der Waals surface area (Å²) in [5.41, 5.74) is 0.470. The lowest BCUT2D eigenvalue weighted by Crippen LogP contribution is -2.47. The van der Waals surface area contributed by atoms with E-state index in [0.29, 0.717) is 11.4 Å². The number of benzene rings is 1. The molecule has 3 rings (SSSR count). The first-order chi connectivity index (χ1) is 11.1. The Kier molecular flexibility index (Phi) is 3.80. The first kappa shape index (κ1) is 14.8. The van der Waals surface area contributed by atoms with Crippen LogP contribution in [0.25, 0.3) is 11.0 Å². The number of carbonyl (C=O) groups is 1. The number of rotatable bonds is 5. The maximum atomic E-state index is 11.6. The van der Waals surface area contributed by atoms with Gasteiger partial charge in [-0.3, -0.25) is 0 Å². The zero-order valence-corrected chi connectivity index (χ0v) is 12.3. The summed E-state index contributed by atoms with van der Waals surface area (Å²) < 4.78 is 11.0. The predicted octanol–water partition coefficient (Wildman–Crippen LogP) is 2.89. The summed E-state index contributed by atoms with van der Waals surface area (Å²) >= 11 is 0. The minimum atomic E-state index is -1.91. The molecule has 2 aromatic heterocycles. The van der Waals surface area contributed by atoms with Gasteiger partial charge in [-0.05, 0) is 30.3 Å². The summed E-state index contributed by atoms with van der Waals surface area (Å²) in [5.74, 6) is -2.66. The van der Waals surface area contributed by atoms with Crippen LogP contribution >= 0.6 is 0 Å². The fourth-order valence-corrected chi connectivity index (χ4v) is 2.01. The van der Waals surface area contributed by atoms with Crippen LogP contribution in [0.15, 0.2) is 60.8 Å². The molecule has 0 amide bonds. The third-order valence-electron chi connectivity index (χ3n) is 3.18. The minimum absolute atomic E-state index is 0.122. The van der Waals surface area contributed by atoms with Crippen LogP contribution < -0.4 is 9.47 Å². The van der Waals surface area contributed by atoms with Crippen LogP contribution in [-0.2, 0) is 4.79 Å². The fraction of sp³-hybridized carbons (Fsp3) is 0.118. The first-order valence-electron chi connectivity index (χ1n) is 6.95. The molecule has 0 bridgehead atoms. The maximum Gasteiger partial charge on any atom is 0.390 e. The second kappa shape index (κ2) is 5.92. The highest BCUT2D eigenvalue weighted by atomic mass is 16.7. The smallest absolute Gasteiger partial charge is 0.390 e. The van der Waals surface area contributed by atoms with Crippen LogP contribution in [0, 0.1) is 0 Å². The Hall–Kier alpha value is -3.15. The van der Waals surface area contributed by atoms with Gasteiger partial charge in [0, 0.05) is 24.6 Å². The van der Waals surface area contributed by atoms with Gasteiger partial charge >= 0.3 is 11.8 Å². The minimum Gasteiger partial charge on any atom is -0.475 e. The van der Waals surface area contributed by atoms with Crippen molar-refractivity contribution in [2.45, 2.75) is 12.7 Å². The number of carboxylic acid groups (broad SMARTS) is 1. The number of aliphatic carboxylic acids is 1. The van der Waals surface area contributed by atoms with E-state index in [9.17, 15) is 9.90 Å². The number of aromatic nitrogens is 2. The number of hydrogen-bond donors (Lipinski definition) is 1. The molecule has 0 fully saturated rings. The molecule has 0 spiro atoms. The number of para-hydroxylation sites is 1. The molecule has 0 aliphatic carbocycles. The molecule has 2 heterocycles. The number of nitrogens with zero attached hydrogens (tertiary/aromatic N) is 2. The molecule has 0 aliphatic heterocycles. The molecule has 1 aromatic carbocycles. The molecule has 0 aliphatic rings. The van der Waals surface area contributed by atoms with E-state index in [-0.39, 0.29) is 5.88 Å². The van der Waals surface area contributed by atoms with E-state index in [1.165, 1.54) is 6.92 Å². The highest BCUT2D eigenvalue weighted by molar-refractivity contribution is 5.77. The molecule has 0 radical (unpaired) electrons. The predicted molar refractivity (Wildman–Crippen MR) is 83.3 cm³/mol. The monoisotopic (exact) mass is 310 g/mol. The van der Waals surface area contributed by atoms with Crippen molar-refractivity contribution >= 4 is 17.0 Å². The standard InChI is InChI=1S/C17H14N2O4/c1-17(16(20)21,22-13-7-3-2-4-8-13)23-14-10-9-12-6-5-11-18-15(12)19-14/h2-11H,1H3,(H,20,21). The Morgan fingerprint density at radius 1 is 1.04 bits per heavy atom. The van der Waals surface area contributed by atoms with Gasteiger partial charge < -0.3 is 14.6 Å². The Bertz CT molecular complexity index is 838. The Balaban J connectivity index is 1.90. The molecule has 0 saturated heterocycles. The van der Waals surface area contributed by atoms with Gasteiger partial charge in [-0.15, -0.1) is 0 Å². The number of fused-ring (bicyclic) bond motifs is 1. The van der Waals surface area contributed by atoms with Gasteiger partial charge in [-0.2, -0.15) is 4.98 Å². The van der Waals surface area contributed by atoms with Gasteiger partial charge in [-0.1, -0.05) is 18.2 Å². The SMILES string of the molecule is CC(Oc1ccccc1)(Oc1ccc2cccnc2n1)C(=O)O. The summed E-state index contributed by atoms with van der Waals surface area (Å²) in [4.78, 5) is 19.9. The van der Waals surface area contributed by atoms with Crippen LogP contribution in [0.2, 0.25) is 0 Å². The molecule has 1 N–H and O–H groups in total. The first-order valence-corrected chi connectivity index (χ1v) is 6.95. The van der Waals surface area contributed by atoms with Gasteiger partial charge in [0.15, 0.2) is 5.65 Å². The maximum absolute atomic E-state index is 11.6. The largest absolute Gasteiger partial charge is 0.475 e. The summed E-state index contributed by atoms with van der Waals surface area (Å²) in [7, 11) is 0. The fourth-order valence-electron chi connectivity index (χ4n) is 2.01. The van der Waals surface area contributed by atoms with E-state index in [1.54, 1.807) is 48.7 Å². The van der Waals surface area contributed by atoms with Crippen molar-refractivity contribution in [3.63, 3.8) is 0 Å². The quantitative estimate of drug-likeness (QED) is 0.730. The van der Waals surface area contributed by atoms with Gasteiger partial charge in [0.1, 0.15) is 5.75 Å². The molecular weight excluding hydrogens is 296 g/mol.